The van der Waals surface area contributed by atoms with Gasteiger partial charge in [0.25, 0.3) is 0 Å². The third kappa shape index (κ3) is 4.32. The maximum absolute atomic E-state index is 12.0. The number of hydrogen-bond acceptors (Lipinski definition) is 3. The summed E-state index contributed by atoms with van der Waals surface area (Å²) in [5.41, 5.74) is 1.24. The largest absolute Gasteiger partial charge is 0.354 e. The number of amides is 1. The molecular formula is C16H25N3O. The Labute approximate surface area is 121 Å². The molecule has 1 heterocycles. The lowest BCUT2D eigenvalue weighted by Gasteiger charge is -2.25. The molecule has 1 aliphatic heterocycles. The fourth-order valence-electron chi connectivity index (χ4n) is 2.71. The fourth-order valence-corrected chi connectivity index (χ4v) is 2.71. The van der Waals surface area contributed by atoms with Gasteiger partial charge in [0, 0.05) is 13.0 Å². The van der Waals surface area contributed by atoms with Gasteiger partial charge in [0.15, 0.2) is 0 Å². The van der Waals surface area contributed by atoms with E-state index in [-0.39, 0.29) is 11.9 Å². The van der Waals surface area contributed by atoms with Crippen LogP contribution in [0, 0.1) is 5.92 Å². The zero-order valence-electron chi connectivity index (χ0n) is 12.4. The van der Waals surface area contributed by atoms with Gasteiger partial charge in [-0.3, -0.25) is 4.79 Å². The number of rotatable bonds is 6. The van der Waals surface area contributed by atoms with Crippen molar-refractivity contribution in [3.63, 3.8) is 0 Å². The zero-order valence-corrected chi connectivity index (χ0v) is 12.4. The molecule has 0 saturated carbocycles. The van der Waals surface area contributed by atoms with Gasteiger partial charge in [-0.1, -0.05) is 30.3 Å². The van der Waals surface area contributed by atoms with Gasteiger partial charge < -0.3 is 15.5 Å². The van der Waals surface area contributed by atoms with Crippen LogP contribution in [0.3, 0.4) is 0 Å². The van der Waals surface area contributed by atoms with E-state index in [1.807, 2.05) is 32.3 Å². The van der Waals surface area contributed by atoms with Gasteiger partial charge in [0.1, 0.15) is 0 Å². The van der Waals surface area contributed by atoms with E-state index in [2.05, 4.69) is 27.7 Å². The lowest BCUT2D eigenvalue weighted by molar-refractivity contribution is -0.122. The van der Waals surface area contributed by atoms with Gasteiger partial charge >= 0.3 is 0 Å². The molecule has 20 heavy (non-hydrogen) atoms. The molecule has 2 N–H and O–H groups in total. The first-order valence-corrected chi connectivity index (χ1v) is 7.35. The van der Waals surface area contributed by atoms with Crippen LogP contribution in [-0.2, 0) is 4.79 Å². The van der Waals surface area contributed by atoms with Gasteiger partial charge in [-0.25, -0.2) is 0 Å². The predicted octanol–water partition coefficient (Wildman–Crippen LogP) is 1.41. The highest BCUT2D eigenvalue weighted by atomic mass is 16.1. The Morgan fingerprint density at radius 3 is 2.75 bits per heavy atom. The Hall–Kier alpha value is -1.39. The van der Waals surface area contributed by atoms with E-state index >= 15 is 0 Å². The number of nitrogens with zero attached hydrogens (tertiary/aromatic N) is 1. The summed E-state index contributed by atoms with van der Waals surface area (Å²) in [5, 5.41) is 6.38. The lowest BCUT2D eigenvalue weighted by Crippen LogP contribution is -2.35. The Balaban J connectivity index is 1.84. The number of hydrogen-bond donors (Lipinski definition) is 2. The summed E-state index contributed by atoms with van der Waals surface area (Å²) >= 11 is 0. The number of benzene rings is 1. The lowest BCUT2D eigenvalue weighted by atomic mass is 10.0. The first-order chi connectivity index (χ1) is 9.66. The van der Waals surface area contributed by atoms with Crippen molar-refractivity contribution < 1.29 is 4.79 Å². The van der Waals surface area contributed by atoms with Crippen LogP contribution in [0.1, 0.15) is 24.4 Å². The molecule has 1 aromatic carbocycles. The topological polar surface area (TPSA) is 44.4 Å². The van der Waals surface area contributed by atoms with Crippen molar-refractivity contribution in [2.45, 2.75) is 18.9 Å². The van der Waals surface area contributed by atoms with E-state index in [1.54, 1.807) is 0 Å². The van der Waals surface area contributed by atoms with E-state index in [0.29, 0.717) is 18.9 Å². The van der Waals surface area contributed by atoms with Crippen molar-refractivity contribution in [3.8, 4) is 0 Å². The molecule has 1 amide bonds. The van der Waals surface area contributed by atoms with Gasteiger partial charge in [0.05, 0.1) is 6.04 Å². The minimum Gasteiger partial charge on any atom is -0.354 e. The molecule has 0 aromatic heterocycles. The van der Waals surface area contributed by atoms with E-state index in [0.717, 1.165) is 19.5 Å². The highest BCUT2D eigenvalue weighted by molar-refractivity contribution is 5.76. The maximum Gasteiger partial charge on any atom is 0.220 e. The van der Waals surface area contributed by atoms with E-state index in [4.69, 9.17) is 0 Å². The predicted molar refractivity (Wildman–Crippen MR) is 81.5 cm³/mol. The summed E-state index contributed by atoms with van der Waals surface area (Å²) in [7, 11) is 4.09. The van der Waals surface area contributed by atoms with Gasteiger partial charge in [-0.05, 0) is 45.1 Å². The number of likely N-dealkylation sites (N-methyl/N-ethyl adjacent to an activating group) is 1. The molecule has 1 fully saturated rings. The molecule has 0 aliphatic carbocycles. The quantitative estimate of drug-likeness (QED) is 0.825. The van der Waals surface area contributed by atoms with Crippen molar-refractivity contribution in [3.05, 3.63) is 35.9 Å². The average Bonchev–Trinajstić information content (AvgIpc) is 2.92. The summed E-state index contributed by atoms with van der Waals surface area (Å²) in [5.74, 6) is 0.672. The van der Waals surface area contributed by atoms with Crippen LogP contribution in [0.4, 0.5) is 0 Å². The van der Waals surface area contributed by atoms with Crippen LogP contribution in [0.15, 0.2) is 30.3 Å². The Bertz CT molecular complexity index is 413. The first kappa shape index (κ1) is 15.0. The van der Waals surface area contributed by atoms with Crippen LogP contribution in [0.25, 0.3) is 0 Å². The second-order valence-electron chi connectivity index (χ2n) is 5.76. The molecule has 2 rings (SSSR count). The van der Waals surface area contributed by atoms with Gasteiger partial charge in [-0.15, -0.1) is 0 Å². The van der Waals surface area contributed by atoms with E-state index < -0.39 is 0 Å². The smallest absolute Gasteiger partial charge is 0.220 e. The molecule has 2 atom stereocenters. The summed E-state index contributed by atoms with van der Waals surface area (Å²) < 4.78 is 0. The van der Waals surface area contributed by atoms with Crippen molar-refractivity contribution in [1.82, 2.24) is 15.5 Å². The summed E-state index contributed by atoms with van der Waals surface area (Å²) in [6.45, 7) is 2.68. The van der Waals surface area contributed by atoms with Gasteiger partial charge in [0.2, 0.25) is 5.91 Å². The SMILES string of the molecule is CN(C)C(CNC(=O)CC1CCNC1)c1ccccc1. The molecule has 0 bridgehead atoms. The first-order valence-electron chi connectivity index (χ1n) is 7.35. The van der Waals surface area contributed by atoms with Crippen molar-refractivity contribution in [1.29, 1.82) is 0 Å². The molecule has 1 aromatic rings. The molecular weight excluding hydrogens is 250 g/mol. The molecule has 4 heteroatoms. The summed E-state index contributed by atoms with van der Waals surface area (Å²) in [6.07, 6.45) is 1.76. The highest BCUT2D eigenvalue weighted by Crippen LogP contribution is 2.17. The summed E-state index contributed by atoms with van der Waals surface area (Å²) in [4.78, 5) is 14.1. The molecule has 1 saturated heterocycles. The Morgan fingerprint density at radius 2 is 2.15 bits per heavy atom. The minimum atomic E-state index is 0.168. The third-order valence-electron chi connectivity index (χ3n) is 3.94. The molecule has 0 spiro atoms. The Kier molecular flexibility index (Phi) is 5.56. The highest BCUT2D eigenvalue weighted by Gasteiger charge is 2.19. The number of carbonyl (C=O) groups excluding carboxylic acids is 1. The average molecular weight is 275 g/mol. The normalized spacial score (nSPS) is 20.1. The second kappa shape index (κ2) is 7.41. The van der Waals surface area contributed by atoms with Crippen LogP contribution in [0.5, 0.6) is 0 Å². The third-order valence-corrected chi connectivity index (χ3v) is 3.94. The number of carbonyl (C=O) groups is 1. The van der Waals surface area contributed by atoms with Crippen LogP contribution in [0.2, 0.25) is 0 Å². The zero-order chi connectivity index (χ0) is 14.4. The van der Waals surface area contributed by atoms with Crippen molar-refractivity contribution >= 4 is 5.91 Å². The minimum absolute atomic E-state index is 0.168. The van der Waals surface area contributed by atoms with Crippen LogP contribution >= 0.6 is 0 Å². The Morgan fingerprint density at radius 1 is 1.40 bits per heavy atom. The number of nitrogens with one attached hydrogen (secondary N) is 2. The van der Waals surface area contributed by atoms with Crippen LogP contribution < -0.4 is 10.6 Å². The van der Waals surface area contributed by atoms with E-state index in [1.165, 1.54) is 5.56 Å². The van der Waals surface area contributed by atoms with Crippen molar-refractivity contribution in [2.75, 3.05) is 33.7 Å². The van der Waals surface area contributed by atoms with E-state index in [9.17, 15) is 4.79 Å². The monoisotopic (exact) mass is 275 g/mol. The fraction of sp³-hybridized carbons (Fsp3) is 0.562. The molecule has 2 unspecified atom stereocenters. The van der Waals surface area contributed by atoms with Crippen LogP contribution in [-0.4, -0.2) is 44.5 Å². The maximum atomic E-state index is 12.0. The standard InChI is InChI=1S/C16H25N3O/c1-19(2)15(14-6-4-3-5-7-14)12-18-16(20)10-13-8-9-17-11-13/h3-7,13,15,17H,8-12H2,1-2H3,(H,18,20). The molecule has 4 nitrogen and oxygen atoms in total. The molecule has 110 valence electrons. The second-order valence-corrected chi connectivity index (χ2v) is 5.76. The summed E-state index contributed by atoms with van der Waals surface area (Å²) in [6, 6.07) is 10.5. The molecule has 1 aliphatic rings. The van der Waals surface area contributed by atoms with Gasteiger partial charge in [-0.2, -0.15) is 0 Å². The molecule has 0 radical (unpaired) electrons. The van der Waals surface area contributed by atoms with Crippen molar-refractivity contribution in [2.24, 2.45) is 5.92 Å².